The van der Waals surface area contributed by atoms with Crippen molar-refractivity contribution >= 4 is 23.5 Å². The number of amides is 4. The third-order valence-electron chi connectivity index (χ3n) is 5.19. The minimum absolute atomic E-state index is 0.149. The first-order chi connectivity index (χ1) is 12.6. The third-order valence-corrected chi connectivity index (χ3v) is 5.19. The summed E-state index contributed by atoms with van der Waals surface area (Å²) in [6, 6.07) is 7.31. The Labute approximate surface area is 154 Å². The van der Waals surface area contributed by atoms with Crippen LogP contribution in [0.5, 0.6) is 0 Å². The summed E-state index contributed by atoms with van der Waals surface area (Å²) in [5.41, 5.74) is 1.41. The molecule has 26 heavy (non-hydrogen) atoms. The monoisotopic (exact) mass is 357 g/mol. The van der Waals surface area contributed by atoms with E-state index in [1.807, 2.05) is 18.2 Å². The van der Waals surface area contributed by atoms with Crippen LogP contribution >= 0.6 is 0 Å². The lowest BCUT2D eigenvalue weighted by molar-refractivity contribution is -0.139. The fourth-order valence-corrected chi connectivity index (χ4v) is 3.69. The first kappa shape index (κ1) is 18.4. The highest BCUT2D eigenvalue weighted by Gasteiger charge is 2.29. The fraction of sp³-hybridized carbons (Fsp3) is 0.550. The summed E-state index contributed by atoms with van der Waals surface area (Å²) in [6.07, 6.45) is 8.66. The highest BCUT2D eigenvalue weighted by Crippen LogP contribution is 2.22. The van der Waals surface area contributed by atoms with Crippen molar-refractivity contribution in [1.29, 1.82) is 0 Å². The summed E-state index contributed by atoms with van der Waals surface area (Å²) >= 11 is 0. The van der Waals surface area contributed by atoms with Gasteiger partial charge in [-0.15, -0.1) is 0 Å². The van der Waals surface area contributed by atoms with Gasteiger partial charge in [0.25, 0.3) is 0 Å². The highest BCUT2D eigenvalue weighted by molar-refractivity contribution is 6.02. The molecule has 0 spiro atoms. The normalized spacial score (nSPS) is 19.2. The zero-order valence-corrected chi connectivity index (χ0v) is 15.1. The van der Waals surface area contributed by atoms with E-state index >= 15 is 0 Å². The quantitative estimate of drug-likeness (QED) is 0.809. The number of likely N-dealkylation sites (tertiary alicyclic amines) is 1. The number of hydrogen-bond acceptors (Lipinski definition) is 3. The number of rotatable bonds is 4. The number of hydrogen-bond donors (Lipinski definition) is 2. The molecular weight excluding hydrogens is 330 g/mol. The van der Waals surface area contributed by atoms with E-state index in [1.165, 1.54) is 24.2 Å². The molecule has 0 atom stereocenters. The van der Waals surface area contributed by atoms with Crippen LogP contribution in [0.4, 0.5) is 10.5 Å². The smallest absolute Gasteiger partial charge is 0.319 e. The van der Waals surface area contributed by atoms with Crippen LogP contribution in [0.25, 0.3) is 0 Å². The third kappa shape index (κ3) is 4.84. The van der Waals surface area contributed by atoms with Crippen LogP contribution in [-0.2, 0) is 16.1 Å². The van der Waals surface area contributed by atoms with Gasteiger partial charge in [0, 0.05) is 24.6 Å². The van der Waals surface area contributed by atoms with Crippen LogP contribution in [0, 0.1) is 0 Å². The molecular formula is C20H27N3O3. The topological polar surface area (TPSA) is 78.5 Å². The summed E-state index contributed by atoms with van der Waals surface area (Å²) in [4.78, 5) is 37.4. The number of imide groups is 1. The van der Waals surface area contributed by atoms with Crippen LogP contribution in [0.1, 0.15) is 63.4 Å². The van der Waals surface area contributed by atoms with Gasteiger partial charge < -0.3 is 10.6 Å². The van der Waals surface area contributed by atoms with E-state index in [-0.39, 0.29) is 43.3 Å². The number of para-hydroxylation sites is 1. The number of nitrogens with zero attached hydrogens (tertiary/aromatic N) is 1. The zero-order chi connectivity index (χ0) is 18.4. The molecule has 1 aromatic rings. The van der Waals surface area contributed by atoms with E-state index < -0.39 is 0 Å². The Morgan fingerprint density at radius 1 is 0.962 bits per heavy atom. The van der Waals surface area contributed by atoms with Gasteiger partial charge in [-0.25, -0.2) is 4.79 Å². The van der Waals surface area contributed by atoms with Crippen molar-refractivity contribution in [2.45, 2.75) is 70.4 Å². The summed E-state index contributed by atoms with van der Waals surface area (Å²) in [6.45, 7) is 0.206. The minimum atomic E-state index is -0.220. The standard InChI is InChI=1S/C20H27N3O3/c24-18-12-13-19(25)23(18)14-15-8-6-7-11-17(15)22-20(26)21-16-9-4-2-1-3-5-10-16/h6-8,11,16H,1-5,9-10,12-14H2,(H2,21,22,26). The van der Waals surface area contributed by atoms with Crippen LogP contribution in [0.3, 0.4) is 0 Å². The van der Waals surface area contributed by atoms with E-state index in [0.29, 0.717) is 5.69 Å². The van der Waals surface area contributed by atoms with Crippen LogP contribution < -0.4 is 10.6 Å². The SMILES string of the molecule is O=C(Nc1ccccc1CN1C(=O)CCC1=O)NC1CCCCCCC1. The van der Waals surface area contributed by atoms with Gasteiger partial charge in [-0.1, -0.05) is 50.3 Å². The van der Waals surface area contributed by atoms with Gasteiger partial charge >= 0.3 is 6.03 Å². The lowest BCUT2D eigenvalue weighted by atomic mass is 9.97. The van der Waals surface area contributed by atoms with Gasteiger partial charge in [0.05, 0.1) is 6.54 Å². The lowest BCUT2D eigenvalue weighted by Crippen LogP contribution is -2.38. The first-order valence-corrected chi connectivity index (χ1v) is 9.62. The maximum absolute atomic E-state index is 12.4. The first-order valence-electron chi connectivity index (χ1n) is 9.62. The second-order valence-electron chi connectivity index (χ2n) is 7.17. The van der Waals surface area contributed by atoms with Gasteiger partial charge in [-0.05, 0) is 24.5 Å². The molecule has 0 radical (unpaired) electrons. The van der Waals surface area contributed by atoms with Crippen molar-refractivity contribution in [3.8, 4) is 0 Å². The van der Waals surface area contributed by atoms with E-state index in [1.54, 1.807) is 6.07 Å². The Kier molecular flexibility index (Phi) is 6.26. The fourth-order valence-electron chi connectivity index (χ4n) is 3.69. The molecule has 2 aliphatic rings. The summed E-state index contributed by atoms with van der Waals surface area (Å²) in [7, 11) is 0. The molecule has 1 aliphatic carbocycles. The number of benzene rings is 1. The van der Waals surface area contributed by atoms with Crippen molar-refractivity contribution in [2.75, 3.05) is 5.32 Å². The second-order valence-corrected chi connectivity index (χ2v) is 7.17. The summed E-state index contributed by atoms with van der Waals surface area (Å²) in [5.74, 6) is -0.299. The molecule has 1 aromatic carbocycles. The van der Waals surface area contributed by atoms with E-state index in [2.05, 4.69) is 10.6 Å². The van der Waals surface area contributed by atoms with Crippen LogP contribution in [-0.4, -0.2) is 28.8 Å². The molecule has 1 aliphatic heterocycles. The summed E-state index contributed by atoms with van der Waals surface area (Å²) < 4.78 is 0. The highest BCUT2D eigenvalue weighted by atomic mass is 16.2. The molecule has 2 fully saturated rings. The predicted molar refractivity (Wildman–Crippen MR) is 99.5 cm³/mol. The zero-order valence-electron chi connectivity index (χ0n) is 15.1. The van der Waals surface area contributed by atoms with Gasteiger partial charge in [0.15, 0.2) is 0 Å². The maximum atomic E-state index is 12.4. The Balaban J connectivity index is 1.61. The number of urea groups is 1. The molecule has 0 aromatic heterocycles. The molecule has 0 unspecified atom stereocenters. The minimum Gasteiger partial charge on any atom is -0.335 e. The van der Waals surface area contributed by atoms with E-state index in [0.717, 1.165) is 31.2 Å². The number of carbonyl (C=O) groups excluding carboxylic acids is 3. The van der Waals surface area contributed by atoms with Crippen molar-refractivity contribution in [3.05, 3.63) is 29.8 Å². The predicted octanol–water partition coefficient (Wildman–Crippen LogP) is 3.57. The number of anilines is 1. The molecule has 2 N–H and O–H groups in total. The molecule has 0 bridgehead atoms. The van der Waals surface area contributed by atoms with Crippen molar-refractivity contribution in [1.82, 2.24) is 10.2 Å². The number of carbonyl (C=O) groups is 3. The molecule has 1 saturated heterocycles. The van der Waals surface area contributed by atoms with Crippen molar-refractivity contribution in [2.24, 2.45) is 0 Å². The average molecular weight is 357 g/mol. The molecule has 4 amide bonds. The van der Waals surface area contributed by atoms with Gasteiger partial charge in [0.2, 0.25) is 11.8 Å². The summed E-state index contributed by atoms with van der Waals surface area (Å²) in [5, 5.41) is 5.97. The molecule has 6 nitrogen and oxygen atoms in total. The largest absolute Gasteiger partial charge is 0.335 e. The maximum Gasteiger partial charge on any atom is 0.319 e. The van der Waals surface area contributed by atoms with Crippen LogP contribution in [0.15, 0.2) is 24.3 Å². The Hall–Kier alpha value is -2.37. The molecule has 1 saturated carbocycles. The molecule has 6 heteroatoms. The average Bonchev–Trinajstić information content (AvgIpc) is 2.91. The van der Waals surface area contributed by atoms with Gasteiger partial charge in [0.1, 0.15) is 0 Å². The lowest BCUT2D eigenvalue weighted by Gasteiger charge is -2.22. The number of nitrogens with one attached hydrogen (secondary N) is 2. The Morgan fingerprint density at radius 2 is 1.58 bits per heavy atom. The van der Waals surface area contributed by atoms with Crippen molar-refractivity contribution < 1.29 is 14.4 Å². The van der Waals surface area contributed by atoms with Crippen molar-refractivity contribution in [3.63, 3.8) is 0 Å². The Morgan fingerprint density at radius 3 is 2.27 bits per heavy atom. The van der Waals surface area contributed by atoms with E-state index in [4.69, 9.17) is 0 Å². The molecule has 1 heterocycles. The second kappa shape index (κ2) is 8.83. The molecule has 3 rings (SSSR count). The van der Waals surface area contributed by atoms with E-state index in [9.17, 15) is 14.4 Å². The van der Waals surface area contributed by atoms with Gasteiger partial charge in [-0.2, -0.15) is 0 Å². The van der Waals surface area contributed by atoms with Gasteiger partial charge in [-0.3, -0.25) is 14.5 Å². The van der Waals surface area contributed by atoms with Crippen LogP contribution in [0.2, 0.25) is 0 Å². The molecule has 140 valence electrons. The Bertz CT molecular complexity index is 650.